The third-order valence-corrected chi connectivity index (χ3v) is 14.9. The fourth-order valence-corrected chi connectivity index (χ4v) is 9.85. The summed E-state index contributed by atoms with van der Waals surface area (Å²) in [6.45, 7) is 7.73. The third kappa shape index (κ3) is 23.6. The SMILES string of the molecule is Cc1cccc(-c2nc(CNc3ccc(Br)c(C(=O)NS(C)(=O)=O)c3)[nH]c2-c2ccc3ncc(OCCNC(=O)OCc4ccc(NC(=O)C(CCCNC(N)=O)NC(=O)C(NC(=O)CCOCCOCCOCCOCCN5C(=O)C=CC5=O)C(C)C)cc4)cc3n2)n1. The summed E-state index contributed by atoms with van der Waals surface area (Å²) in [6, 6.07) is 19.4. The quantitative estimate of drug-likeness (QED) is 0.0194. The Morgan fingerprint density at radius 2 is 1.43 bits per heavy atom. The van der Waals surface area contributed by atoms with Gasteiger partial charge in [0.2, 0.25) is 27.7 Å². The number of benzene rings is 2. The van der Waals surface area contributed by atoms with E-state index in [1.807, 2.05) is 35.9 Å². The molecule has 2 aromatic carbocycles. The predicted octanol–water partition coefficient (Wildman–Crippen LogP) is 4.15. The number of aromatic amines is 1. The highest BCUT2D eigenvalue weighted by Gasteiger charge is 2.29. The highest BCUT2D eigenvalue weighted by atomic mass is 79.9. The number of primary amides is 1. The average molecular weight is 1380 g/mol. The number of imide groups is 1. The van der Waals surface area contributed by atoms with Crippen LogP contribution in [0, 0.1) is 12.8 Å². The molecule has 94 heavy (non-hydrogen) atoms. The Morgan fingerprint density at radius 3 is 2.11 bits per heavy atom. The number of rotatable bonds is 38. The Balaban J connectivity index is 0.825. The number of carbonyl (C=O) groups excluding carboxylic acids is 8. The van der Waals surface area contributed by atoms with E-state index in [1.54, 1.807) is 62.4 Å². The zero-order chi connectivity index (χ0) is 67.6. The van der Waals surface area contributed by atoms with Crippen molar-refractivity contribution in [2.45, 2.75) is 65.3 Å². The molecule has 0 fully saturated rings. The van der Waals surface area contributed by atoms with Gasteiger partial charge in [0, 0.05) is 52.7 Å². The molecule has 4 aromatic heterocycles. The number of amides is 9. The van der Waals surface area contributed by atoms with E-state index < -0.39 is 57.9 Å². The van der Waals surface area contributed by atoms with E-state index in [0.717, 1.165) is 16.8 Å². The topological polar surface area (TPSA) is 407 Å². The second-order valence-corrected chi connectivity index (χ2v) is 24.0. The molecule has 1 aliphatic heterocycles. The Hall–Kier alpha value is -9.47. The minimum Gasteiger partial charge on any atom is -0.490 e. The molecule has 1 aliphatic rings. The Bertz CT molecular complexity index is 3760. The number of ether oxygens (including phenoxy) is 6. The van der Waals surface area contributed by atoms with Gasteiger partial charge in [0.05, 0.1) is 119 Å². The van der Waals surface area contributed by atoms with Crippen molar-refractivity contribution in [1.82, 2.24) is 55.8 Å². The van der Waals surface area contributed by atoms with Crippen molar-refractivity contribution >= 4 is 95.9 Å². The zero-order valence-corrected chi connectivity index (χ0v) is 54.5. The maximum absolute atomic E-state index is 13.7. The van der Waals surface area contributed by atoms with E-state index in [4.69, 9.17) is 49.1 Å². The van der Waals surface area contributed by atoms with Crippen molar-refractivity contribution < 1.29 is 75.2 Å². The van der Waals surface area contributed by atoms with Crippen LogP contribution in [-0.2, 0) is 70.8 Å². The first-order valence-electron chi connectivity index (χ1n) is 29.9. The Morgan fingerprint density at radius 1 is 0.734 bits per heavy atom. The molecular formula is C62H75BrN14O16S. The number of anilines is 2. The summed E-state index contributed by atoms with van der Waals surface area (Å²) in [6.07, 6.45) is 4.48. The highest BCUT2D eigenvalue weighted by molar-refractivity contribution is 9.10. The van der Waals surface area contributed by atoms with E-state index in [9.17, 15) is 46.8 Å². The number of alkyl carbamates (subject to hydrolysis) is 1. The first-order chi connectivity index (χ1) is 45.1. The monoisotopic (exact) mass is 1380 g/mol. The molecule has 6 aromatic rings. The minimum absolute atomic E-state index is 0.0504. The molecule has 10 N–H and O–H groups in total. The van der Waals surface area contributed by atoms with E-state index in [0.29, 0.717) is 86.6 Å². The predicted molar refractivity (Wildman–Crippen MR) is 347 cm³/mol. The minimum atomic E-state index is -3.80. The van der Waals surface area contributed by atoms with Gasteiger partial charge in [0.15, 0.2) is 0 Å². The maximum Gasteiger partial charge on any atom is 0.407 e. The summed E-state index contributed by atoms with van der Waals surface area (Å²) in [7, 11) is -3.80. The Kier molecular flexibility index (Phi) is 27.6. The molecule has 2 unspecified atom stereocenters. The van der Waals surface area contributed by atoms with Crippen LogP contribution in [0.3, 0.4) is 0 Å². The number of nitrogens with zero attached hydrogens (tertiary/aromatic N) is 5. The van der Waals surface area contributed by atoms with Crippen LogP contribution < -0.4 is 47.1 Å². The molecule has 0 saturated heterocycles. The molecule has 0 radical (unpaired) electrons. The number of halogens is 1. The number of nitrogens with two attached hydrogens (primary N) is 1. The number of imidazole rings is 1. The van der Waals surface area contributed by atoms with Crippen LogP contribution in [0.1, 0.15) is 60.5 Å². The number of carbonyl (C=O) groups is 8. The first-order valence-corrected chi connectivity index (χ1v) is 32.5. The van der Waals surface area contributed by atoms with Crippen LogP contribution in [-0.4, -0.2) is 183 Å². The third-order valence-electron chi connectivity index (χ3n) is 13.6. The van der Waals surface area contributed by atoms with Crippen molar-refractivity contribution in [1.29, 1.82) is 0 Å². The van der Waals surface area contributed by atoms with Gasteiger partial charge < -0.3 is 71.0 Å². The number of hydrogen-bond donors (Lipinski definition) is 9. The number of aryl methyl sites for hydroxylation is 1. The molecule has 5 heterocycles. The molecule has 2 atom stereocenters. The lowest BCUT2D eigenvalue weighted by Gasteiger charge is -2.25. The first kappa shape index (κ1) is 72.0. The van der Waals surface area contributed by atoms with Crippen LogP contribution in [0.2, 0.25) is 0 Å². The van der Waals surface area contributed by atoms with Crippen molar-refractivity contribution in [2.24, 2.45) is 11.7 Å². The Labute approximate surface area is 550 Å². The standard InChI is InChI=1S/C62H75BrN14O16S/c1-38(2)55(75-52(78)20-24-88-27-29-90-31-32-91-30-28-89-26-23-77-53(79)18-19-54(77)80)60(83)72-49(9-6-21-65-61(64)84)59(82)70-41-12-10-40(11-13-41)37-93-62(85)66-22-25-92-43-34-50-46(68-35-43)16-17-48(71-50)57-56(47-8-5-7-39(3)69-47)73-51(74-57)36-67-42-14-15-45(63)44(33-42)58(81)76-94(4,86)87/h5,7-8,10-19,33-35,38,49,55,67H,6,9,20-32,36-37H2,1-4H3,(H,66,85)(H,70,82)(H,72,83)(H,73,74)(H,75,78)(H,76,81)(H3,64,65,84). The normalized spacial score (nSPS) is 12.7. The number of hydrogen-bond acceptors (Lipinski definition) is 21. The summed E-state index contributed by atoms with van der Waals surface area (Å²) >= 11 is 3.31. The number of fused-ring (bicyclic) bond motifs is 1. The van der Waals surface area contributed by atoms with Crippen molar-refractivity contribution in [2.75, 3.05) is 96.0 Å². The number of sulfonamides is 1. The van der Waals surface area contributed by atoms with Gasteiger partial charge in [-0.3, -0.25) is 43.6 Å². The van der Waals surface area contributed by atoms with Crippen molar-refractivity contribution in [3.05, 3.63) is 124 Å². The lowest BCUT2D eigenvalue weighted by atomic mass is 10.0. The zero-order valence-electron chi connectivity index (χ0n) is 52.1. The lowest BCUT2D eigenvalue weighted by Crippen LogP contribution is -2.54. The maximum atomic E-state index is 13.7. The van der Waals surface area contributed by atoms with E-state index in [2.05, 4.69) is 57.8 Å². The molecule has 32 heteroatoms. The molecule has 0 bridgehead atoms. The van der Waals surface area contributed by atoms with Gasteiger partial charge in [-0.1, -0.05) is 32.0 Å². The number of urea groups is 1. The number of pyridine rings is 3. The summed E-state index contributed by atoms with van der Waals surface area (Å²) < 4.78 is 59.1. The molecule has 0 spiro atoms. The number of aromatic nitrogens is 5. The summed E-state index contributed by atoms with van der Waals surface area (Å²) in [5.74, 6) is -2.60. The molecule has 502 valence electrons. The van der Waals surface area contributed by atoms with Crippen LogP contribution in [0.25, 0.3) is 33.8 Å². The lowest BCUT2D eigenvalue weighted by molar-refractivity contribution is -0.137. The summed E-state index contributed by atoms with van der Waals surface area (Å²) in [4.78, 5) is 124. The molecule has 0 aliphatic carbocycles. The van der Waals surface area contributed by atoms with Gasteiger partial charge >= 0.3 is 12.1 Å². The number of nitrogens with one attached hydrogen (secondary N) is 8. The summed E-state index contributed by atoms with van der Waals surface area (Å²) in [5.41, 5.74) is 10.9. The van der Waals surface area contributed by atoms with E-state index >= 15 is 0 Å². The largest absolute Gasteiger partial charge is 0.490 e. The fourth-order valence-electron chi connectivity index (χ4n) is 8.97. The molecular weight excluding hydrogens is 1310 g/mol. The fraction of sp³-hybridized carbons (Fsp3) is 0.387. The van der Waals surface area contributed by atoms with Crippen molar-refractivity contribution in [3.63, 3.8) is 0 Å². The van der Waals surface area contributed by atoms with E-state index in [-0.39, 0.29) is 115 Å². The average Bonchev–Trinajstić information content (AvgIpc) is 1.57. The number of H-pyrrole nitrogens is 1. The molecule has 9 amide bonds. The van der Waals surface area contributed by atoms with Crippen LogP contribution in [0.4, 0.5) is 21.0 Å². The van der Waals surface area contributed by atoms with Crippen LogP contribution in [0.5, 0.6) is 5.75 Å². The van der Waals surface area contributed by atoms with Crippen LogP contribution >= 0.6 is 15.9 Å². The van der Waals surface area contributed by atoms with Gasteiger partial charge in [-0.2, -0.15) is 0 Å². The van der Waals surface area contributed by atoms with Gasteiger partial charge in [0.25, 0.3) is 17.7 Å². The van der Waals surface area contributed by atoms with Gasteiger partial charge in [0.1, 0.15) is 42.6 Å². The summed E-state index contributed by atoms with van der Waals surface area (Å²) in [5, 5.41) is 16.6. The van der Waals surface area contributed by atoms with Gasteiger partial charge in [-0.15, -0.1) is 0 Å². The molecule has 7 rings (SSSR count). The smallest absolute Gasteiger partial charge is 0.407 e. The van der Waals surface area contributed by atoms with Gasteiger partial charge in [-0.05, 0) is 102 Å². The molecule has 0 saturated carbocycles. The molecule has 30 nitrogen and oxygen atoms in total. The second-order valence-electron chi connectivity index (χ2n) is 21.4. The second kappa shape index (κ2) is 36.1. The van der Waals surface area contributed by atoms with Gasteiger partial charge in [-0.25, -0.2) is 32.7 Å². The van der Waals surface area contributed by atoms with Crippen molar-refractivity contribution in [3.8, 4) is 28.5 Å². The van der Waals surface area contributed by atoms with Crippen LogP contribution in [0.15, 0.2) is 102 Å². The highest BCUT2D eigenvalue weighted by Crippen LogP contribution is 2.31. The van der Waals surface area contributed by atoms with E-state index in [1.165, 1.54) is 24.4 Å².